The average molecular weight is 352 g/mol. The number of ether oxygens (including phenoxy) is 1. The fourth-order valence-corrected chi connectivity index (χ4v) is 3.68. The molecule has 0 aliphatic heterocycles. The van der Waals surface area contributed by atoms with Crippen LogP contribution in [0.4, 0.5) is 0 Å². The molecule has 0 spiro atoms. The first-order chi connectivity index (χ1) is 11.5. The van der Waals surface area contributed by atoms with Gasteiger partial charge in [0.05, 0.1) is 0 Å². The molecular formula is C17H24N2O4S. The van der Waals surface area contributed by atoms with Crippen LogP contribution in [0.25, 0.3) is 0 Å². The smallest absolute Gasteiger partial charge is 0.332 e. The molecule has 0 unspecified atom stereocenters. The van der Waals surface area contributed by atoms with Crippen molar-refractivity contribution in [3.8, 4) is 0 Å². The van der Waals surface area contributed by atoms with Crippen LogP contribution < -0.4 is 10.6 Å². The summed E-state index contributed by atoms with van der Waals surface area (Å²) in [5.41, 5.74) is -0.971. The molecule has 0 saturated heterocycles. The lowest BCUT2D eigenvalue weighted by molar-refractivity contribution is -0.158. The third-order valence-corrected chi connectivity index (χ3v) is 5.06. The van der Waals surface area contributed by atoms with Gasteiger partial charge in [0, 0.05) is 18.3 Å². The Labute approximate surface area is 146 Å². The van der Waals surface area contributed by atoms with Crippen molar-refractivity contribution in [2.24, 2.45) is 0 Å². The zero-order valence-corrected chi connectivity index (χ0v) is 14.7. The second kappa shape index (κ2) is 8.82. The fourth-order valence-electron chi connectivity index (χ4n) is 2.97. The molecule has 0 atom stereocenters. The Morgan fingerprint density at radius 2 is 2.00 bits per heavy atom. The number of hydrogen-bond acceptors (Lipinski definition) is 5. The number of esters is 1. The molecule has 6 nitrogen and oxygen atoms in total. The van der Waals surface area contributed by atoms with Crippen molar-refractivity contribution in [3.63, 3.8) is 0 Å². The molecule has 1 saturated carbocycles. The number of carbonyl (C=O) groups is 3. The van der Waals surface area contributed by atoms with Crippen LogP contribution >= 0.6 is 11.3 Å². The summed E-state index contributed by atoms with van der Waals surface area (Å²) in [7, 11) is 0. The van der Waals surface area contributed by atoms with E-state index in [4.69, 9.17) is 4.74 Å². The summed E-state index contributed by atoms with van der Waals surface area (Å²) >= 11 is 1.64. The number of rotatable bonds is 7. The number of hydrogen-bond donors (Lipinski definition) is 2. The molecule has 1 heterocycles. The van der Waals surface area contributed by atoms with Crippen LogP contribution in [0.15, 0.2) is 17.5 Å². The molecule has 0 bridgehead atoms. The third-order valence-electron chi connectivity index (χ3n) is 4.12. The van der Waals surface area contributed by atoms with Crippen molar-refractivity contribution in [3.05, 3.63) is 22.4 Å². The van der Waals surface area contributed by atoms with Gasteiger partial charge in [-0.25, -0.2) is 4.79 Å². The SMILES string of the molecule is CC(=O)NC1(C(=O)OCC(=O)NCCc2cccs2)CCCCC1. The second-order valence-corrected chi connectivity index (χ2v) is 7.11. The zero-order chi connectivity index (χ0) is 17.4. The number of thiophene rings is 1. The highest BCUT2D eigenvalue weighted by Gasteiger charge is 2.41. The van der Waals surface area contributed by atoms with E-state index < -0.39 is 11.5 Å². The molecule has 7 heteroatoms. The summed E-state index contributed by atoms with van der Waals surface area (Å²) < 4.78 is 5.17. The molecule has 2 rings (SSSR count). The van der Waals surface area contributed by atoms with Crippen molar-refractivity contribution < 1.29 is 19.1 Å². The lowest BCUT2D eigenvalue weighted by Crippen LogP contribution is -2.56. The molecule has 1 fully saturated rings. The first kappa shape index (κ1) is 18.4. The van der Waals surface area contributed by atoms with E-state index in [1.54, 1.807) is 11.3 Å². The van der Waals surface area contributed by atoms with Crippen LogP contribution in [0.5, 0.6) is 0 Å². The Balaban J connectivity index is 1.77. The highest BCUT2D eigenvalue weighted by Crippen LogP contribution is 2.29. The minimum absolute atomic E-state index is 0.255. The van der Waals surface area contributed by atoms with Crippen LogP contribution in [-0.2, 0) is 25.5 Å². The highest BCUT2D eigenvalue weighted by molar-refractivity contribution is 7.09. The van der Waals surface area contributed by atoms with Gasteiger partial charge in [0.2, 0.25) is 5.91 Å². The minimum atomic E-state index is -0.971. The summed E-state index contributed by atoms with van der Waals surface area (Å²) in [5, 5.41) is 7.46. The Morgan fingerprint density at radius 1 is 1.25 bits per heavy atom. The van der Waals surface area contributed by atoms with E-state index in [-0.39, 0.29) is 18.4 Å². The predicted octanol–water partition coefficient (Wildman–Crippen LogP) is 1.79. The maximum absolute atomic E-state index is 12.4. The van der Waals surface area contributed by atoms with Gasteiger partial charge in [-0.3, -0.25) is 9.59 Å². The van der Waals surface area contributed by atoms with Gasteiger partial charge in [-0.2, -0.15) is 0 Å². The third kappa shape index (κ3) is 5.33. The summed E-state index contributed by atoms with van der Waals surface area (Å²) in [6, 6.07) is 3.98. The Hall–Kier alpha value is -1.89. The van der Waals surface area contributed by atoms with E-state index in [2.05, 4.69) is 10.6 Å². The molecule has 2 amide bonds. The van der Waals surface area contributed by atoms with Gasteiger partial charge >= 0.3 is 5.97 Å². The minimum Gasteiger partial charge on any atom is -0.454 e. The molecule has 1 aliphatic rings. The maximum Gasteiger partial charge on any atom is 0.332 e. The molecule has 0 radical (unpaired) electrons. The van der Waals surface area contributed by atoms with Crippen molar-refractivity contribution >= 4 is 29.1 Å². The Bertz CT molecular complexity index is 565. The number of amides is 2. The first-order valence-electron chi connectivity index (χ1n) is 8.27. The van der Waals surface area contributed by atoms with Crippen molar-refractivity contribution in [2.45, 2.75) is 51.0 Å². The maximum atomic E-state index is 12.4. The zero-order valence-electron chi connectivity index (χ0n) is 13.9. The number of carbonyl (C=O) groups excluding carboxylic acids is 3. The van der Waals surface area contributed by atoms with Crippen molar-refractivity contribution in [2.75, 3.05) is 13.2 Å². The molecule has 1 aliphatic carbocycles. The van der Waals surface area contributed by atoms with E-state index in [1.807, 2.05) is 17.5 Å². The van der Waals surface area contributed by atoms with Gasteiger partial charge in [0.1, 0.15) is 5.54 Å². The van der Waals surface area contributed by atoms with Crippen molar-refractivity contribution in [1.29, 1.82) is 0 Å². The molecular weight excluding hydrogens is 328 g/mol. The number of nitrogens with one attached hydrogen (secondary N) is 2. The summed E-state index contributed by atoms with van der Waals surface area (Å²) in [4.78, 5) is 36.8. The van der Waals surface area contributed by atoms with Crippen LogP contribution in [0, 0.1) is 0 Å². The second-order valence-electron chi connectivity index (χ2n) is 6.08. The summed E-state index contributed by atoms with van der Waals surface area (Å²) in [6.45, 7) is 1.58. The quantitative estimate of drug-likeness (QED) is 0.733. The van der Waals surface area contributed by atoms with Crippen LogP contribution in [-0.4, -0.2) is 36.5 Å². The van der Waals surface area contributed by atoms with Gasteiger partial charge in [0.15, 0.2) is 6.61 Å². The van der Waals surface area contributed by atoms with Gasteiger partial charge in [-0.15, -0.1) is 11.3 Å². The standard InChI is InChI=1S/C17H24N2O4S/c1-13(20)19-17(8-3-2-4-9-17)16(22)23-12-15(21)18-10-7-14-6-5-11-24-14/h5-6,11H,2-4,7-10,12H2,1H3,(H,18,21)(H,19,20). The van der Waals surface area contributed by atoms with E-state index in [0.29, 0.717) is 19.4 Å². The van der Waals surface area contributed by atoms with E-state index in [1.165, 1.54) is 11.8 Å². The monoisotopic (exact) mass is 352 g/mol. The topological polar surface area (TPSA) is 84.5 Å². The molecule has 1 aromatic rings. The Kier molecular flexibility index (Phi) is 6.78. The van der Waals surface area contributed by atoms with Crippen molar-refractivity contribution in [1.82, 2.24) is 10.6 Å². The molecule has 2 N–H and O–H groups in total. The lowest BCUT2D eigenvalue weighted by atomic mass is 9.81. The normalized spacial score (nSPS) is 16.2. The van der Waals surface area contributed by atoms with Gasteiger partial charge in [-0.1, -0.05) is 25.3 Å². The summed E-state index contributed by atoms with van der Waals surface area (Å²) in [5.74, 6) is -1.09. The summed E-state index contributed by atoms with van der Waals surface area (Å²) in [6.07, 6.45) is 4.65. The molecule has 0 aromatic carbocycles. The lowest BCUT2D eigenvalue weighted by Gasteiger charge is -2.35. The van der Waals surface area contributed by atoms with E-state index in [9.17, 15) is 14.4 Å². The van der Waals surface area contributed by atoms with Crippen LogP contribution in [0.3, 0.4) is 0 Å². The van der Waals surface area contributed by atoms with E-state index >= 15 is 0 Å². The molecule has 132 valence electrons. The van der Waals surface area contributed by atoms with Gasteiger partial charge in [0.25, 0.3) is 5.91 Å². The van der Waals surface area contributed by atoms with Crippen LogP contribution in [0.1, 0.15) is 43.9 Å². The fraction of sp³-hybridized carbons (Fsp3) is 0.588. The predicted molar refractivity (Wildman–Crippen MR) is 91.6 cm³/mol. The first-order valence-corrected chi connectivity index (χ1v) is 9.15. The van der Waals surface area contributed by atoms with Gasteiger partial charge in [-0.05, 0) is 30.7 Å². The van der Waals surface area contributed by atoms with E-state index in [0.717, 1.165) is 25.7 Å². The highest BCUT2D eigenvalue weighted by atomic mass is 32.1. The Morgan fingerprint density at radius 3 is 2.62 bits per heavy atom. The van der Waals surface area contributed by atoms with Crippen LogP contribution in [0.2, 0.25) is 0 Å². The van der Waals surface area contributed by atoms with Gasteiger partial charge < -0.3 is 15.4 Å². The molecule has 24 heavy (non-hydrogen) atoms. The molecule has 1 aromatic heterocycles. The largest absolute Gasteiger partial charge is 0.454 e. The average Bonchev–Trinajstić information content (AvgIpc) is 3.06.